The summed E-state index contributed by atoms with van der Waals surface area (Å²) in [5.74, 6) is 7.97. The molecule has 16 nitrogen and oxygen atoms in total. The van der Waals surface area contributed by atoms with Crippen LogP contribution >= 0.6 is 0 Å². The number of fused-ring (bicyclic) bond motifs is 2. The first kappa shape index (κ1) is 40.2. The fourth-order valence-electron chi connectivity index (χ4n) is 5.75. The number of aromatic amines is 2. The third kappa shape index (κ3) is 11.0. The van der Waals surface area contributed by atoms with E-state index in [1.807, 2.05) is 36.4 Å². The fraction of sp³-hybridized carbons (Fsp3) is 0.350. The van der Waals surface area contributed by atoms with Crippen molar-refractivity contribution in [2.45, 2.75) is 63.5 Å². The van der Waals surface area contributed by atoms with Crippen LogP contribution in [0.5, 0.6) is 23.0 Å². The summed E-state index contributed by atoms with van der Waals surface area (Å²) in [6.07, 6.45) is 17.2. The molecule has 0 aliphatic carbocycles. The highest BCUT2D eigenvalue weighted by atomic mass is 16.6. The topological polar surface area (TPSA) is 211 Å². The lowest BCUT2D eigenvalue weighted by Gasteiger charge is -2.21. The third-order valence-corrected chi connectivity index (χ3v) is 8.72. The number of benzene rings is 2. The van der Waals surface area contributed by atoms with E-state index in [0.29, 0.717) is 61.8 Å². The van der Waals surface area contributed by atoms with E-state index in [9.17, 15) is 19.2 Å². The highest BCUT2D eigenvalue weighted by Gasteiger charge is 2.23. The molecule has 1 aliphatic rings. The maximum absolute atomic E-state index is 12.4. The van der Waals surface area contributed by atoms with Gasteiger partial charge in [-0.2, -0.15) is 0 Å². The molecule has 0 fully saturated rings. The van der Waals surface area contributed by atoms with Gasteiger partial charge in [0.15, 0.2) is 23.0 Å². The number of carbonyl (C=O) groups is 4. The second kappa shape index (κ2) is 19.9. The molecule has 0 radical (unpaired) electrons. The van der Waals surface area contributed by atoms with Gasteiger partial charge in [0, 0.05) is 49.9 Å². The number of imidazole rings is 2. The highest BCUT2D eigenvalue weighted by molar-refractivity contribution is 5.86. The Kier molecular flexibility index (Phi) is 14.3. The average Bonchev–Trinajstić information content (AvgIpc) is 3.89. The molecule has 0 bridgehead atoms. The summed E-state index contributed by atoms with van der Waals surface area (Å²) in [5.41, 5.74) is 3.42. The molecule has 3 heterocycles. The fourth-order valence-corrected chi connectivity index (χ4v) is 5.75. The number of nitrogens with zero attached hydrogens (tertiary/aromatic N) is 2. The van der Waals surface area contributed by atoms with Gasteiger partial charge >= 0.3 is 12.2 Å². The molecule has 4 aromatic rings. The SMILES string of the molecule is C#CCC(NC(=O)OC)C(=O)NCCCCc1ncc(-c2ccc3c(c2)Oc2ccc(-c4cnc(CCCCNC(=O)C(CC#C)NC(=O)OC)[nH]4)cc2O3)[nH]1. The van der Waals surface area contributed by atoms with Crippen molar-refractivity contribution in [3.05, 3.63) is 60.4 Å². The van der Waals surface area contributed by atoms with Gasteiger partial charge in [0.25, 0.3) is 0 Å². The Hall–Kier alpha value is -6.94. The lowest BCUT2D eigenvalue weighted by molar-refractivity contribution is -0.123. The van der Waals surface area contributed by atoms with E-state index in [-0.39, 0.29) is 24.7 Å². The quantitative estimate of drug-likeness (QED) is 0.0533. The molecule has 2 atom stereocenters. The molecule has 56 heavy (non-hydrogen) atoms. The van der Waals surface area contributed by atoms with Crippen LogP contribution in [-0.4, -0.2) is 83.3 Å². The van der Waals surface area contributed by atoms with E-state index >= 15 is 0 Å². The predicted molar refractivity (Wildman–Crippen MR) is 206 cm³/mol. The van der Waals surface area contributed by atoms with E-state index in [1.165, 1.54) is 14.2 Å². The summed E-state index contributed by atoms with van der Waals surface area (Å²) in [7, 11) is 2.44. The van der Waals surface area contributed by atoms with Crippen molar-refractivity contribution in [2.24, 2.45) is 0 Å². The van der Waals surface area contributed by atoms with E-state index in [2.05, 4.69) is 62.5 Å². The monoisotopic (exact) mass is 764 g/mol. The summed E-state index contributed by atoms with van der Waals surface area (Å²) >= 11 is 0. The summed E-state index contributed by atoms with van der Waals surface area (Å²) in [4.78, 5) is 63.5. The minimum absolute atomic E-state index is 0.0590. The number of methoxy groups -OCH3 is 2. The summed E-state index contributed by atoms with van der Waals surface area (Å²) < 4.78 is 21.6. The smallest absolute Gasteiger partial charge is 0.407 e. The van der Waals surface area contributed by atoms with Crippen LogP contribution in [0.2, 0.25) is 0 Å². The van der Waals surface area contributed by atoms with Gasteiger partial charge in [0.2, 0.25) is 11.8 Å². The Labute approximate surface area is 324 Å². The van der Waals surface area contributed by atoms with E-state index in [1.54, 1.807) is 12.4 Å². The Morgan fingerprint density at radius 1 is 0.679 bits per heavy atom. The normalized spacial score (nSPS) is 12.1. The van der Waals surface area contributed by atoms with Crippen LogP contribution in [0.1, 0.15) is 50.2 Å². The van der Waals surface area contributed by atoms with Crippen LogP contribution in [0.15, 0.2) is 48.8 Å². The lowest BCUT2D eigenvalue weighted by Crippen LogP contribution is -2.46. The van der Waals surface area contributed by atoms with Crippen LogP contribution in [0.25, 0.3) is 22.5 Å². The molecule has 2 unspecified atom stereocenters. The first-order valence-electron chi connectivity index (χ1n) is 18.0. The zero-order valence-corrected chi connectivity index (χ0v) is 31.2. The molecule has 4 amide bonds. The van der Waals surface area contributed by atoms with Crippen molar-refractivity contribution in [2.75, 3.05) is 27.3 Å². The second-order valence-electron chi connectivity index (χ2n) is 12.7. The second-order valence-corrected chi connectivity index (χ2v) is 12.7. The number of aromatic nitrogens is 4. The third-order valence-electron chi connectivity index (χ3n) is 8.72. The summed E-state index contributed by atoms with van der Waals surface area (Å²) in [6, 6.07) is 9.66. The standard InChI is InChI=1S/C40H44N8O8/c1-5-11-27(47-39(51)53-3)37(49)41-19-9-7-13-35-43-23-29(45-35)25-15-17-31-33(21-25)55-32-18-16-26(22-34(32)56-31)30-24-44-36(46-30)14-8-10-20-42-38(50)28(12-6-2)48-40(52)54-4/h1-2,15-18,21-24,27-28H,7-14,19-20H2,3-4H3,(H,41,49)(H,42,50)(H,43,45)(H,44,46)(H,47,51)(H,48,52). The van der Waals surface area contributed by atoms with Crippen molar-refractivity contribution < 1.29 is 38.1 Å². The number of amides is 4. The first-order chi connectivity index (χ1) is 27.2. The average molecular weight is 765 g/mol. The van der Waals surface area contributed by atoms with Crippen LogP contribution in [0.4, 0.5) is 9.59 Å². The molecular weight excluding hydrogens is 720 g/mol. The number of hydrogen-bond acceptors (Lipinski definition) is 10. The molecule has 2 aromatic heterocycles. The maximum Gasteiger partial charge on any atom is 0.407 e. The highest BCUT2D eigenvalue weighted by Crippen LogP contribution is 2.47. The minimum atomic E-state index is -0.854. The number of ether oxygens (including phenoxy) is 4. The Morgan fingerprint density at radius 3 is 1.50 bits per heavy atom. The van der Waals surface area contributed by atoms with E-state index < -0.39 is 24.3 Å². The molecule has 16 heteroatoms. The first-order valence-corrected chi connectivity index (χ1v) is 18.0. The van der Waals surface area contributed by atoms with E-state index in [4.69, 9.17) is 22.3 Å². The number of unbranched alkanes of at least 4 members (excludes halogenated alkanes) is 2. The van der Waals surface area contributed by atoms with Gasteiger partial charge < -0.3 is 50.2 Å². The van der Waals surface area contributed by atoms with Gasteiger partial charge in [-0.15, -0.1) is 24.7 Å². The Balaban J connectivity index is 1.07. The number of terminal acetylenes is 2. The molecular formula is C40H44N8O8. The van der Waals surface area contributed by atoms with Gasteiger partial charge in [-0.1, -0.05) is 0 Å². The number of alkyl carbamates (subject to hydrolysis) is 2. The Morgan fingerprint density at radius 2 is 1.11 bits per heavy atom. The van der Waals surface area contributed by atoms with Gasteiger partial charge in [-0.05, 0) is 62.1 Å². The summed E-state index contributed by atoms with van der Waals surface area (Å²) in [5, 5.41) is 10.5. The molecule has 0 saturated carbocycles. The number of carbonyl (C=O) groups excluding carboxylic acids is 4. The largest absolute Gasteiger partial charge is 0.453 e. The molecule has 0 spiro atoms. The van der Waals surface area contributed by atoms with Gasteiger partial charge in [-0.3, -0.25) is 9.59 Å². The Bertz CT molecular complexity index is 1950. The lowest BCUT2D eigenvalue weighted by atomic mass is 10.1. The van der Waals surface area contributed by atoms with E-state index in [0.717, 1.165) is 47.0 Å². The molecule has 1 aliphatic heterocycles. The number of hydrogen-bond donors (Lipinski definition) is 6. The number of aryl methyl sites for hydroxylation is 2. The molecule has 2 aromatic carbocycles. The number of H-pyrrole nitrogens is 2. The molecule has 292 valence electrons. The predicted octanol–water partition coefficient (Wildman–Crippen LogP) is 4.74. The van der Waals surface area contributed by atoms with Crippen molar-refractivity contribution >= 4 is 24.0 Å². The molecule has 5 rings (SSSR count). The zero-order chi connectivity index (χ0) is 39.9. The van der Waals surface area contributed by atoms with Crippen LogP contribution < -0.4 is 30.7 Å². The van der Waals surface area contributed by atoms with Crippen LogP contribution in [-0.2, 0) is 31.9 Å². The van der Waals surface area contributed by atoms with Gasteiger partial charge in [-0.25, -0.2) is 19.6 Å². The minimum Gasteiger partial charge on any atom is -0.453 e. The maximum atomic E-state index is 12.4. The molecule has 0 saturated heterocycles. The van der Waals surface area contributed by atoms with Gasteiger partial charge in [0.05, 0.1) is 38.0 Å². The molecule has 6 N–H and O–H groups in total. The summed E-state index contributed by atoms with van der Waals surface area (Å²) in [6.45, 7) is 0.843. The zero-order valence-electron chi connectivity index (χ0n) is 31.2. The van der Waals surface area contributed by atoms with Crippen molar-refractivity contribution in [3.63, 3.8) is 0 Å². The number of nitrogens with one attached hydrogen (secondary N) is 6. The van der Waals surface area contributed by atoms with Crippen molar-refractivity contribution in [3.8, 4) is 70.2 Å². The van der Waals surface area contributed by atoms with Gasteiger partial charge in [0.1, 0.15) is 23.7 Å². The van der Waals surface area contributed by atoms with Crippen LogP contribution in [0.3, 0.4) is 0 Å². The van der Waals surface area contributed by atoms with Crippen molar-refractivity contribution in [1.82, 2.24) is 41.2 Å². The number of rotatable bonds is 18. The van der Waals surface area contributed by atoms with Crippen molar-refractivity contribution in [1.29, 1.82) is 0 Å². The van der Waals surface area contributed by atoms with Crippen LogP contribution in [0, 0.1) is 24.7 Å².